The second-order valence-electron chi connectivity index (χ2n) is 9.60. The van der Waals surface area contributed by atoms with Crippen LogP contribution in [-0.4, -0.2) is 74.1 Å². The van der Waals surface area contributed by atoms with Gasteiger partial charge in [0.25, 0.3) is 5.91 Å². The molecule has 0 unspecified atom stereocenters. The predicted octanol–water partition coefficient (Wildman–Crippen LogP) is 5.56. The molecule has 39 heavy (non-hydrogen) atoms. The largest absolute Gasteiger partial charge is 0.351 e. The van der Waals surface area contributed by atoms with Gasteiger partial charge in [0.15, 0.2) is 5.82 Å². The van der Waals surface area contributed by atoms with Crippen molar-refractivity contribution in [2.24, 2.45) is 0 Å². The summed E-state index contributed by atoms with van der Waals surface area (Å²) in [7, 11) is 1.86. The smallest absolute Gasteiger partial charge is 0.270 e. The van der Waals surface area contributed by atoms with Crippen molar-refractivity contribution in [1.29, 1.82) is 0 Å². The maximum absolute atomic E-state index is 13.1. The van der Waals surface area contributed by atoms with E-state index < -0.39 is 0 Å². The van der Waals surface area contributed by atoms with Gasteiger partial charge in [0.1, 0.15) is 11.5 Å². The summed E-state index contributed by atoms with van der Waals surface area (Å²) in [5.41, 5.74) is 5.38. The van der Waals surface area contributed by atoms with Gasteiger partial charge in [0.2, 0.25) is 0 Å². The Bertz CT molecular complexity index is 1520. The molecule has 200 valence electrons. The number of hydrogen-bond donors (Lipinski definition) is 3. The van der Waals surface area contributed by atoms with Crippen LogP contribution in [0.4, 0.5) is 11.5 Å². The van der Waals surface area contributed by atoms with E-state index in [1.54, 1.807) is 17.3 Å². The van der Waals surface area contributed by atoms with Gasteiger partial charge in [-0.25, -0.2) is 9.97 Å². The van der Waals surface area contributed by atoms with Gasteiger partial charge >= 0.3 is 0 Å². The molecule has 2 aromatic carbocycles. The Morgan fingerprint density at radius 1 is 0.949 bits per heavy atom. The van der Waals surface area contributed by atoms with E-state index in [0.717, 1.165) is 59.3 Å². The summed E-state index contributed by atoms with van der Waals surface area (Å²) in [5, 5.41) is 11.2. The van der Waals surface area contributed by atoms with Crippen LogP contribution >= 0.6 is 0 Å². The van der Waals surface area contributed by atoms with Crippen molar-refractivity contribution in [3.8, 4) is 22.5 Å². The molecule has 0 atom stereocenters. The van der Waals surface area contributed by atoms with Crippen LogP contribution in [0.2, 0.25) is 0 Å². The molecule has 0 bridgehead atoms. The Balaban J connectivity index is 1.28. The highest BCUT2D eigenvalue weighted by Gasteiger charge is 2.16. The van der Waals surface area contributed by atoms with Gasteiger partial charge in [-0.05, 0) is 55.4 Å². The van der Waals surface area contributed by atoms with E-state index in [9.17, 15) is 4.79 Å². The number of aromatic nitrogens is 5. The second-order valence-corrected chi connectivity index (χ2v) is 9.60. The molecule has 0 saturated carbocycles. The number of hydrogen-bond acceptors (Lipinski definition) is 6. The fourth-order valence-electron chi connectivity index (χ4n) is 4.59. The lowest BCUT2D eigenvalue weighted by Crippen LogP contribution is -2.36. The summed E-state index contributed by atoms with van der Waals surface area (Å²) in [6.07, 6.45) is 6.52. The number of rotatable bonds is 11. The number of carbonyl (C=O) groups excluding carboxylic acids is 1. The Labute approximate surface area is 228 Å². The van der Waals surface area contributed by atoms with Gasteiger partial charge < -0.3 is 20.1 Å². The molecule has 9 heteroatoms. The summed E-state index contributed by atoms with van der Waals surface area (Å²) in [6, 6.07) is 17.8. The lowest BCUT2D eigenvalue weighted by molar-refractivity contribution is 0.0774. The Kier molecular flexibility index (Phi) is 7.98. The first-order valence-corrected chi connectivity index (χ1v) is 13.3. The highest BCUT2D eigenvalue weighted by molar-refractivity contribution is 5.98. The quantitative estimate of drug-likeness (QED) is 0.210. The summed E-state index contributed by atoms with van der Waals surface area (Å²) < 4.78 is 0. The van der Waals surface area contributed by atoms with Crippen molar-refractivity contribution in [2.45, 2.75) is 20.3 Å². The van der Waals surface area contributed by atoms with Crippen LogP contribution in [0, 0.1) is 0 Å². The molecule has 1 amide bonds. The van der Waals surface area contributed by atoms with E-state index >= 15 is 0 Å². The van der Waals surface area contributed by atoms with E-state index in [1.807, 2.05) is 67.8 Å². The van der Waals surface area contributed by atoms with Gasteiger partial charge in [-0.1, -0.05) is 38.1 Å². The van der Waals surface area contributed by atoms with Crippen LogP contribution in [0.15, 0.2) is 73.2 Å². The van der Waals surface area contributed by atoms with Crippen LogP contribution in [-0.2, 0) is 0 Å². The first kappa shape index (κ1) is 26.1. The highest BCUT2D eigenvalue weighted by atomic mass is 16.2. The van der Waals surface area contributed by atoms with Crippen LogP contribution in [0.5, 0.6) is 0 Å². The number of aromatic amines is 2. The predicted molar refractivity (Wildman–Crippen MR) is 156 cm³/mol. The lowest BCUT2D eigenvalue weighted by atomic mass is 10.1. The van der Waals surface area contributed by atoms with Gasteiger partial charge in [0, 0.05) is 60.2 Å². The van der Waals surface area contributed by atoms with E-state index in [4.69, 9.17) is 4.98 Å². The molecule has 3 N–H and O–H groups in total. The van der Waals surface area contributed by atoms with E-state index in [1.165, 1.54) is 0 Å². The number of carbonyl (C=O) groups is 1. The monoisotopic (exact) mass is 522 g/mol. The van der Waals surface area contributed by atoms with Crippen molar-refractivity contribution in [3.63, 3.8) is 0 Å². The second kappa shape index (κ2) is 11.9. The van der Waals surface area contributed by atoms with Crippen molar-refractivity contribution in [1.82, 2.24) is 34.9 Å². The fourth-order valence-corrected chi connectivity index (χ4v) is 4.59. The number of benzene rings is 2. The molecular formula is C30H34N8O. The normalized spacial score (nSPS) is 11.3. The van der Waals surface area contributed by atoms with Crippen molar-refractivity contribution < 1.29 is 4.79 Å². The molecule has 0 spiro atoms. The Morgan fingerprint density at radius 3 is 2.51 bits per heavy atom. The van der Waals surface area contributed by atoms with Crippen LogP contribution in [0.3, 0.4) is 0 Å². The van der Waals surface area contributed by atoms with Crippen molar-refractivity contribution in [2.75, 3.05) is 38.5 Å². The molecule has 0 fully saturated rings. The number of fused-ring (bicyclic) bond motifs is 1. The SMILES string of the molecule is CCCN(CC)CCN(C)C(=O)c1cc2ccc(-c3nccc(Nc4ccc(-c5cn[nH]c5)cc4)n3)cc2[nH]1. The zero-order valence-electron chi connectivity index (χ0n) is 22.6. The standard InChI is InChI=1S/C30H34N8O/c1-4-14-38(5-2)16-15-37(3)30(39)27-17-22-6-7-23(18-26(22)35-27)29-31-13-12-28(36-29)34-25-10-8-21(9-11-25)24-19-32-33-20-24/h6-13,17-20,35H,4-5,14-16H2,1-3H3,(H,32,33)(H,31,34,36). The molecule has 0 radical (unpaired) electrons. The zero-order chi connectivity index (χ0) is 27.2. The summed E-state index contributed by atoms with van der Waals surface area (Å²) >= 11 is 0. The van der Waals surface area contributed by atoms with Gasteiger partial charge in [0.05, 0.1) is 6.20 Å². The van der Waals surface area contributed by atoms with Crippen molar-refractivity contribution >= 4 is 28.3 Å². The minimum atomic E-state index is -0.0125. The number of likely N-dealkylation sites (N-methyl/N-ethyl adjacent to an activating group) is 2. The molecule has 0 aliphatic carbocycles. The van der Waals surface area contributed by atoms with E-state index in [-0.39, 0.29) is 5.91 Å². The fraction of sp³-hybridized carbons (Fsp3) is 0.267. The first-order valence-electron chi connectivity index (χ1n) is 13.3. The van der Waals surface area contributed by atoms with Crippen LogP contribution in [0.1, 0.15) is 30.8 Å². The van der Waals surface area contributed by atoms with Crippen LogP contribution < -0.4 is 5.32 Å². The van der Waals surface area contributed by atoms with Crippen LogP contribution in [0.25, 0.3) is 33.4 Å². The third kappa shape index (κ3) is 6.15. The molecule has 3 aromatic heterocycles. The lowest BCUT2D eigenvalue weighted by Gasteiger charge is -2.23. The van der Waals surface area contributed by atoms with E-state index in [0.29, 0.717) is 23.9 Å². The minimum Gasteiger partial charge on any atom is -0.351 e. The molecule has 9 nitrogen and oxygen atoms in total. The molecule has 0 aliphatic heterocycles. The average Bonchev–Trinajstić information content (AvgIpc) is 3.65. The Morgan fingerprint density at radius 2 is 1.77 bits per heavy atom. The molecule has 3 heterocycles. The molecule has 0 saturated heterocycles. The first-order chi connectivity index (χ1) is 19.0. The summed E-state index contributed by atoms with van der Waals surface area (Å²) in [5.74, 6) is 1.29. The van der Waals surface area contributed by atoms with Gasteiger partial charge in [-0.15, -0.1) is 0 Å². The third-order valence-corrected chi connectivity index (χ3v) is 6.84. The molecule has 5 aromatic rings. The Hall–Kier alpha value is -4.50. The number of amides is 1. The van der Waals surface area contributed by atoms with Gasteiger partial charge in [-0.2, -0.15) is 5.10 Å². The van der Waals surface area contributed by atoms with E-state index in [2.05, 4.69) is 44.2 Å². The average molecular weight is 523 g/mol. The zero-order valence-corrected chi connectivity index (χ0v) is 22.6. The van der Waals surface area contributed by atoms with Gasteiger partial charge in [-0.3, -0.25) is 9.89 Å². The summed E-state index contributed by atoms with van der Waals surface area (Å²) in [6.45, 7) is 7.92. The maximum atomic E-state index is 13.1. The number of anilines is 2. The molecule has 5 rings (SSSR count). The number of nitrogens with zero attached hydrogens (tertiary/aromatic N) is 5. The molecular weight excluding hydrogens is 488 g/mol. The number of H-pyrrole nitrogens is 2. The maximum Gasteiger partial charge on any atom is 0.270 e. The third-order valence-electron chi connectivity index (χ3n) is 6.84. The number of nitrogens with one attached hydrogen (secondary N) is 3. The molecule has 0 aliphatic rings. The highest BCUT2D eigenvalue weighted by Crippen LogP contribution is 2.25. The minimum absolute atomic E-state index is 0.0125. The topological polar surface area (TPSA) is 106 Å². The summed E-state index contributed by atoms with van der Waals surface area (Å²) in [4.78, 5) is 29.7. The van der Waals surface area contributed by atoms with Crippen molar-refractivity contribution in [3.05, 3.63) is 78.9 Å².